The van der Waals surface area contributed by atoms with Crippen molar-refractivity contribution >= 4 is 34.5 Å². The van der Waals surface area contributed by atoms with Crippen molar-refractivity contribution in [3.63, 3.8) is 0 Å². The van der Waals surface area contributed by atoms with E-state index in [0.717, 1.165) is 22.7 Å². The molecule has 146 valence electrons. The molecule has 0 N–H and O–H groups in total. The number of nitrogens with zero attached hydrogens (tertiary/aromatic N) is 6. The molecule has 0 bridgehead atoms. The summed E-state index contributed by atoms with van der Waals surface area (Å²) in [5, 5.41) is 10.3. The quantitative estimate of drug-likeness (QED) is 0.445. The van der Waals surface area contributed by atoms with Crippen LogP contribution in [0.15, 0.2) is 30.6 Å². The second kappa shape index (κ2) is 6.42. The molecule has 4 rings (SSSR count). The summed E-state index contributed by atoms with van der Waals surface area (Å²) >= 11 is 12.6. The van der Waals surface area contributed by atoms with Crippen LogP contribution in [0, 0.1) is 0 Å². The van der Waals surface area contributed by atoms with Crippen molar-refractivity contribution < 1.29 is 0 Å². The van der Waals surface area contributed by atoms with Crippen molar-refractivity contribution in [2.75, 3.05) is 0 Å². The summed E-state index contributed by atoms with van der Waals surface area (Å²) in [4.78, 5) is 9.10. The fourth-order valence-electron chi connectivity index (χ4n) is 3.25. The van der Waals surface area contributed by atoms with Crippen LogP contribution in [-0.4, -0.2) is 29.2 Å². The molecule has 8 heteroatoms. The highest BCUT2D eigenvalue weighted by atomic mass is 35.5. The predicted octanol–water partition coefficient (Wildman–Crippen LogP) is 4.90. The highest BCUT2D eigenvalue weighted by Crippen LogP contribution is 2.32. The van der Waals surface area contributed by atoms with Gasteiger partial charge < -0.3 is 0 Å². The summed E-state index contributed by atoms with van der Waals surface area (Å²) in [6.07, 6.45) is 4.43. The van der Waals surface area contributed by atoms with Crippen molar-refractivity contribution in [3.05, 3.63) is 57.9 Å². The number of fused-ring (bicyclic) bond motifs is 2. The van der Waals surface area contributed by atoms with E-state index in [2.05, 4.69) is 49.8 Å². The van der Waals surface area contributed by atoms with Crippen LogP contribution >= 0.6 is 23.2 Å². The van der Waals surface area contributed by atoms with E-state index in [1.807, 2.05) is 24.5 Å². The third-order valence-electron chi connectivity index (χ3n) is 4.80. The van der Waals surface area contributed by atoms with Gasteiger partial charge in [-0.3, -0.25) is 0 Å². The second-order valence-corrected chi connectivity index (χ2v) is 9.51. The number of aromatic nitrogens is 6. The maximum atomic E-state index is 6.59. The molecule has 4 heterocycles. The number of rotatable bonds is 3. The number of hydrogen-bond donors (Lipinski definition) is 0. The summed E-state index contributed by atoms with van der Waals surface area (Å²) in [6.45, 7) is 10.6. The molecule has 0 fully saturated rings. The average molecular weight is 417 g/mol. The Labute approximate surface area is 173 Å². The molecule has 4 aromatic rings. The van der Waals surface area contributed by atoms with Crippen LogP contribution in [0.5, 0.6) is 0 Å². The van der Waals surface area contributed by atoms with Gasteiger partial charge in [0.1, 0.15) is 10.2 Å². The predicted molar refractivity (Wildman–Crippen MR) is 111 cm³/mol. The standard InChI is InChI=1S/C20H22Cl2N6/c1-19(2,3)17-16(22)18-23-12(6-8-28(18)26-17)11-20(4,5)13-10-15-24-14(21)7-9-27(15)25-13/h6-10H,11H2,1-5H3. The second-order valence-electron chi connectivity index (χ2n) is 8.74. The van der Waals surface area contributed by atoms with Gasteiger partial charge in [-0.05, 0) is 12.1 Å². The molecule has 0 radical (unpaired) electrons. The Kier molecular flexibility index (Phi) is 4.39. The van der Waals surface area contributed by atoms with E-state index in [4.69, 9.17) is 28.2 Å². The van der Waals surface area contributed by atoms with Gasteiger partial charge in [0.15, 0.2) is 11.3 Å². The van der Waals surface area contributed by atoms with Crippen LogP contribution in [0.4, 0.5) is 0 Å². The van der Waals surface area contributed by atoms with E-state index in [-0.39, 0.29) is 10.8 Å². The van der Waals surface area contributed by atoms with Crippen molar-refractivity contribution in [1.82, 2.24) is 29.2 Å². The Morgan fingerprint density at radius 2 is 1.64 bits per heavy atom. The molecule has 0 atom stereocenters. The van der Waals surface area contributed by atoms with Crippen molar-refractivity contribution in [3.8, 4) is 0 Å². The van der Waals surface area contributed by atoms with Crippen LogP contribution in [-0.2, 0) is 17.3 Å². The van der Waals surface area contributed by atoms with Crippen LogP contribution in [0.25, 0.3) is 11.3 Å². The summed E-state index contributed by atoms with van der Waals surface area (Å²) in [5.74, 6) is 0. The topological polar surface area (TPSA) is 60.4 Å². The minimum atomic E-state index is -0.245. The van der Waals surface area contributed by atoms with Gasteiger partial charge in [-0.25, -0.2) is 19.0 Å². The molecule has 4 aromatic heterocycles. The average Bonchev–Trinajstić information content (AvgIpc) is 3.16. The normalized spacial score (nSPS) is 13.0. The SMILES string of the molecule is CC(C)(C)c1nn2ccc(CC(C)(C)c3cc4nc(Cl)ccn4n3)nc2c1Cl. The highest BCUT2D eigenvalue weighted by Gasteiger charge is 2.27. The van der Waals surface area contributed by atoms with Gasteiger partial charge in [0, 0.05) is 41.4 Å². The third-order valence-corrected chi connectivity index (χ3v) is 5.36. The highest BCUT2D eigenvalue weighted by molar-refractivity contribution is 6.34. The number of hydrogen-bond acceptors (Lipinski definition) is 4. The first-order chi connectivity index (χ1) is 13.0. The van der Waals surface area contributed by atoms with Crippen LogP contribution in [0.1, 0.15) is 51.7 Å². The Morgan fingerprint density at radius 1 is 0.929 bits per heavy atom. The lowest BCUT2D eigenvalue weighted by atomic mass is 9.84. The third kappa shape index (κ3) is 3.35. The molecule has 0 aromatic carbocycles. The molecule has 0 saturated heterocycles. The zero-order valence-corrected chi connectivity index (χ0v) is 18.0. The van der Waals surface area contributed by atoms with Gasteiger partial charge >= 0.3 is 0 Å². The fourth-order valence-corrected chi connectivity index (χ4v) is 3.84. The molecule has 28 heavy (non-hydrogen) atoms. The minimum absolute atomic E-state index is 0.144. The monoisotopic (exact) mass is 416 g/mol. The molecule has 0 aliphatic heterocycles. The lowest BCUT2D eigenvalue weighted by Crippen LogP contribution is -2.22. The molecule has 0 unspecified atom stereocenters. The van der Waals surface area contributed by atoms with Gasteiger partial charge in [-0.2, -0.15) is 10.2 Å². The molecular weight excluding hydrogens is 395 g/mol. The zero-order chi connectivity index (χ0) is 20.3. The van der Waals surface area contributed by atoms with E-state index in [1.165, 1.54) is 0 Å². The Hall–Kier alpha value is -2.18. The van der Waals surface area contributed by atoms with E-state index >= 15 is 0 Å². The number of halogens is 2. The first-order valence-electron chi connectivity index (χ1n) is 9.11. The van der Waals surface area contributed by atoms with Crippen molar-refractivity contribution in [1.29, 1.82) is 0 Å². The molecule has 6 nitrogen and oxygen atoms in total. The van der Waals surface area contributed by atoms with Crippen LogP contribution < -0.4 is 0 Å². The van der Waals surface area contributed by atoms with Gasteiger partial charge in [-0.15, -0.1) is 0 Å². The fraction of sp³-hybridized carbons (Fsp3) is 0.400. The van der Waals surface area contributed by atoms with Crippen LogP contribution in [0.3, 0.4) is 0 Å². The molecule has 0 spiro atoms. The Bertz CT molecular complexity index is 1180. The minimum Gasteiger partial charge on any atom is -0.232 e. The lowest BCUT2D eigenvalue weighted by molar-refractivity contribution is 0.495. The summed E-state index contributed by atoms with van der Waals surface area (Å²) in [7, 11) is 0. The summed E-state index contributed by atoms with van der Waals surface area (Å²) < 4.78 is 3.49. The van der Waals surface area contributed by atoms with Gasteiger partial charge in [-0.1, -0.05) is 57.8 Å². The summed E-state index contributed by atoms with van der Waals surface area (Å²) in [5.41, 5.74) is 3.74. The largest absolute Gasteiger partial charge is 0.232 e. The van der Waals surface area contributed by atoms with Gasteiger partial charge in [0.2, 0.25) is 0 Å². The van der Waals surface area contributed by atoms with Crippen molar-refractivity contribution in [2.45, 2.75) is 51.9 Å². The molecule has 0 saturated carbocycles. The molecule has 0 amide bonds. The van der Waals surface area contributed by atoms with E-state index in [9.17, 15) is 0 Å². The molecule has 0 aliphatic carbocycles. The van der Waals surface area contributed by atoms with Crippen LogP contribution in [0.2, 0.25) is 10.2 Å². The summed E-state index contributed by atoms with van der Waals surface area (Å²) in [6, 6.07) is 5.67. The van der Waals surface area contributed by atoms with Gasteiger partial charge in [0.05, 0.1) is 11.4 Å². The van der Waals surface area contributed by atoms with E-state index in [1.54, 1.807) is 15.1 Å². The van der Waals surface area contributed by atoms with E-state index < -0.39 is 0 Å². The maximum absolute atomic E-state index is 6.59. The lowest BCUT2D eigenvalue weighted by Gasteiger charge is -2.21. The first-order valence-corrected chi connectivity index (χ1v) is 9.87. The molecular formula is C20H22Cl2N6. The van der Waals surface area contributed by atoms with Crippen molar-refractivity contribution in [2.24, 2.45) is 0 Å². The molecule has 0 aliphatic rings. The Morgan fingerprint density at radius 3 is 2.36 bits per heavy atom. The zero-order valence-electron chi connectivity index (χ0n) is 16.5. The Balaban J connectivity index is 1.70. The maximum Gasteiger partial charge on any atom is 0.174 e. The van der Waals surface area contributed by atoms with E-state index in [0.29, 0.717) is 22.2 Å². The van der Waals surface area contributed by atoms with Gasteiger partial charge in [0.25, 0.3) is 0 Å². The smallest absolute Gasteiger partial charge is 0.174 e. The first kappa shape index (κ1) is 19.2.